The molecule has 9 heteroatoms. The number of hydrogen-bond donors (Lipinski definition) is 0. The van der Waals surface area contributed by atoms with E-state index in [-0.39, 0.29) is 17.1 Å². The van der Waals surface area contributed by atoms with Crippen LogP contribution in [-0.4, -0.2) is 42.4 Å². The molecule has 0 spiro atoms. The van der Waals surface area contributed by atoms with Gasteiger partial charge in [-0.1, -0.05) is 36.0 Å². The molecule has 40 heavy (non-hydrogen) atoms. The van der Waals surface area contributed by atoms with Crippen molar-refractivity contribution >= 4 is 34.2 Å². The Balaban J connectivity index is 1.37. The molecule has 0 N–H and O–H groups in total. The smallest absolute Gasteiger partial charge is 0.267 e. The van der Waals surface area contributed by atoms with Crippen LogP contribution in [0.4, 0.5) is 0 Å². The normalized spacial score (nSPS) is 11.4. The fraction of sp³-hybridized carbons (Fsp3) is 0.161. The maximum absolute atomic E-state index is 13.6. The fourth-order valence-corrected chi connectivity index (χ4v) is 5.98. The molecule has 200 valence electrons. The van der Waals surface area contributed by atoms with Gasteiger partial charge >= 0.3 is 0 Å². The number of ketones is 1. The molecule has 3 heterocycles. The average molecular weight is 550 g/mol. The van der Waals surface area contributed by atoms with Crippen LogP contribution in [0, 0.1) is 20.8 Å². The van der Waals surface area contributed by atoms with E-state index in [0.29, 0.717) is 33.1 Å². The Morgan fingerprint density at radius 2 is 1.65 bits per heavy atom. The lowest BCUT2D eigenvalue weighted by Crippen LogP contribution is -2.22. The van der Waals surface area contributed by atoms with E-state index in [2.05, 4.69) is 14.8 Å². The van der Waals surface area contributed by atoms with Crippen molar-refractivity contribution in [3.63, 3.8) is 0 Å². The van der Waals surface area contributed by atoms with Gasteiger partial charge in [0.1, 0.15) is 5.75 Å². The Labute approximate surface area is 234 Å². The van der Waals surface area contributed by atoms with Gasteiger partial charge in [-0.2, -0.15) is 0 Å². The molecule has 0 radical (unpaired) electrons. The second kappa shape index (κ2) is 10.2. The SMILES string of the molecule is COc1ccc(-n2c(C)cc(C(=O)CSc3nnc4n(-c5cccc(C)c5)c(=O)c5ccccc5n34)c2C)cc1. The van der Waals surface area contributed by atoms with Gasteiger partial charge in [0.25, 0.3) is 5.56 Å². The van der Waals surface area contributed by atoms with Gasteiger partial charge < -0.3 is 9.30 Å². The van der Waals surface area contributed by atoms with Crippen molar-refractivity contribution in [2.75, 3.05) is 12.9 Å². The van der Waals surface area contributed by atoms with Gasteiger partial charge in [-0.15, -0.1) is 10.2 Å². The Bertz CT molecular complexity index is 1970. The summed E-state index contributed by atoms with van der Waals surface area (Å²) in [6, 6.07) is 24.8. The van der Waals surface area contributed by atoms with Gasteiger partial charge in [-0.25, -0.2) is 4.57 Å². The molecule has 0 aliphatic rings. The van der Waals surface area contributed by atoms with Crippen LogP contribution in [0.25, 0.3) is 28.1 Å². The van der Waals surface area contributed by atoms with Crippen LogP contribution < -0.4 is 10.3 Å². The van der Waals surface area contributed by atoms with Crippen molar-refractivity contribution in [1.29, 1.82) is 0 Å². The third kappa shape index (κ3) is 4.28. The number of nitrogens with zero attached hydrogens (tertiary/aromatic N) is 5. The van der Waals surface area contributed by atoms with Crippen LogP contribution in [-0.2, 0) is 0 Å². The van der Waals surface area contributed by atoms with Crippen LogP contribution in [0.2, 0.25) is 0 Å². The van der Waals surface area contributed by atoms with Gasteiger partial charge in [0.05, 0.1) is 29.5 Å². The number of Topliss-reactive ketones (excluding diaryl/α,β-unsaturated/α-hetero) is 1. The zero-order valence-corrected chi connectivity index (χ0v) is 23.4. The lowest BCUT2D eigenvalue weighted by Gasteiger charge is -2.12. The molecule has 0 aliphatic heterocycles. The van der Waals surface area contributed by atoms with Crippen molar-refractivity contribution in [2.24, 2.45) is 0 Å². The van der Waals surface area contributed by atoms with E-state index in [1.807, 2.05) is 98.0 Å². The Hall–Kier alpha value is -4.63. The van der Waals surface area contributed by atoms with Crippen LogP contribution in [0.1, 0.15) is 27.3 Å². The number of benzene rings is 3. The predicted octanol–water partition coefficient (Wildman–Crippen LogP) is 5.73. The summed E-state index contributed by atoms with van der Waals surface area (Å²) in [6.45, 7) is 5.93. The van der Waals surface area contributed by atoms with Crippen molar-refractivity contribution in [3.05, 3.63) is 112 Å². The van der Waals surface area contributed by atoms with Crippen molar-refractivity contribution in [3.8, 4) is 17.1 Å². The molecule has 0 unspecified atom stereocenters. The molecule has 0 saturated heterocycles. The summed E-state index contributed by atoms with van der Waals surface area (Å²) in [7, 11) is 1.64. The van der Waals surface area contributed by atoms with Crippen molar-refractivity contribution < 1.29 is 9.53 Å². The summed E-state index contributed by atoms with van der Waals surface area (Å²) in [5.74, 6) is 1.35. The second-order valence-electron chi connectivity index (χ2n) is 9.64. The van der Waals surface area contributed by atoms with Gasteiger partial charge in [-0.3, -0.25) is 14.0 Å². The molecule has 8 nitrogen and oxygen atoms in total. The first-order valence-electron chi connectivity index (χ1n) is 12.8. The molecule has 0 amide bonds. The molecule has 3 aromatic heterocycles. The zero-order valence-electron chi connectivity index (χ0n) is 22.6. The van der Waals surface area contributed by atoms with E-state index in [1.54, 1.807) is 17.7 Å². The minimum atomic E-state index is -0.167. The molecule has 0 atom stereocenters. The lowest BCUT2D eigenvalue weighted by molar-refractivity contribution is 0.102. The van der Waals surface area contributed by atoms with Crippen LogP contribution in [0.15, 0.2) is 88.8 Å². The predicted molar refractivity (Wildman–Crippen MR) is 158 cm³/mol. The molecule has 0 aliphatic carbocycles. The minimum absolute atomic E-state index is 0.00840. The van der Waals surface area contributed by atoms with Gasteiger partial charge in [0.2, 0.25) is 5.78 Å². The molecule has 3 aromatic carbocycles. The molecule has 0 saturated carbocycles. The number of rotatable bonds is 7. The number of hydrogen-bond acceptors (Lipinski definition) is 6. The third-order valence-electron chi connectivity index (χ3n) is 7.05. The number of methoxy groups -OCH3 is 1. The highest BCUT2D eigenvalue weighted by atomic mass is 32.2. The third-order valence-corrected chi connectivity index (χ3v) is 7.98. The number of para-hydroxylation sites is 1. The number of fused-ring (bicyclic) bond motifs is 3. The molecule has 6 rings (SSSR count). The van der Waals surface area contributed by atoms with Crippen LogP contribution in [0.5, 0.6) is 5.75 Å². The Morgan fingerprint density at radius 3 is 2.40 bits per heavy atom. The first-order valence-corrected chi connectivity index (χ1v) is 13.8. The number of carbonyl (C=O) groups excluding carboxylic acids is 1. The maximum Gasteiger partial charge on any atom is 0.267 e. The topological polar surface area (TPSA) is 83.4 Å². The summed E-state index contributed by atoms with van der Waals surface area (Å²) in [5, 5.41) is 9.92. The van der Waals surface area contributed by atoms with E-state index in [0.717, 1.165) is 28.4 Å². The summed E-state index contributed by atoms with van der Waals surface area (Å²) < 4.78 is 10.8. The largest absolute Gasteiger partial charge is 0.497 e. The average Bonchev–Trinajstić information content (AvgIpc) is 3.52. The van der Waals surface area contributed by atoms with Gasteiger partial charge in [0, 0.05) is 22.6 Å². The Kier molecular flexibility index (Phi) is 6.51. The summed E-state index contributed by atoms with van der Waals surface area (Å²) >= 11 is 1.31. The number of thioether (sulfide) groups is 1. The summed E-state index contributed by atoms with van der Waals surface area (Å²) in [6.07, 6.45) is 0. The highest BCUT2D eigenvalue weighted by Crippen LogP contribution is 2.27. The van der Waals surface area contributed by atoms with Crippen molar-refractivity contribution in [2.45, 2.75) is 25.9 Å². The highest BCUT2D eigenvalue weighted by Gasteiger charge is 2.21. The second-order valence-corrected chi connectivity index (χ2v) is 10.6. The minimum Gasteiger partial charge on any atom is -0.497 e. The monoisotopic (exact) mass is 549 g/mol. The first-order chi connectivity index (χ1) is 19.4. The number of aromatic nitrogens is 5. The standard InChI is InChI=1S/C31H27N5O3S/c1-19-8-7-9-23(16-19)35-29(38)25-10-5-6-11-27(25)36-30(35)32-33-31(36)40-18-28(37)26-17-20(2)34(21(26)3)22-12-14-24(39-4)15-13-22/h5-17H,18H2,1-4H3. The van der Waals surface area contributed by atoms with Gasteiger partial charge in [0.15, 0.2) is 10.9 Å². The molecule has 0 bridgehead atoms. The molecular weight excluding hydrogens is 522 g/mol. The van der Waals surface area contributed by atoms with Crippen molar-refractivity contribution in [1.82, 2.24) is 23.7 Å². The Morgan fingerprint density at radius 1 is 0.875 bits per heavy atom. The molecule has 0 fully saturated rings. The van der Waals surface area contributed by atoms with E-state index >= 15 is 0 Å². The van der Waals surface area contributed by atoms with Gasteiger partial charge in [-0.05, 0) is 80.9 Å². The molecular formula is C31H27N5O3S. The van der Waals surface area contributed by atoms with E-state index in [4.69, 9.17) is 4.74 Å². The fourth-order valence-electron chi connectivity index (χ4n) is 5.15. The zero-order chi connectivity index (χ0) is 28.0. The quantitative estimate of drug-likeness (QED) is 0.187. The summed E-state index contributed by atoms with van der Waals surface area (Å²) in [5.41, 5.74) is 5.75. The van der Waals surface area contributed by atoms with E-state index in [1.165, 1.54) is 11.8 Å². The van der Waals surface area contributed by atoms with E-state index < -0.39 is 0 Å². The number of carbonyl (C=O) groups is 1. The van der Waals surface area contributed by atoms with Crippen LogP contribution in [0.3, 0.4) is 0 Å². The number of ether oxygens (including phenoxy) is 1. The highest BCUT2D eigenvalue weighted by molar-refractivity contribution is 7.99. The first kappa shape index (κ1) is 25.6. The maximum atomic E-state index is 13.6. The van der Waals surface area contributed by atoms with Crippen LogP contribution >= 0.6 is 11.8 Å². The molecule has 6 aromatic rings. The lowest BCUT2D eigenvalue weighted by atomic mass is 10.2. The summed E-state index contributed by atoms with van der Waals surface area (Å²) in [4.78, 5) is 27.0. The van der Waals surface area contributed by atoms with E-state index in [9.17, 15) is 9.59 Å². The number of aryl methyl sites for hydroxylation is 2.